The summed E-state index contributed by atoms with van der Waals surface area (Å²) in [5, 5.41) is 38.4. The van der Waals surface area contributed by atoms with Crippen LogP contribution in [0.2, 0.25) is 0 Å². The van der Waals surface area contributed by atoms with Crippen molar-refractivity contribution in [1.82, 2.24) is 5.48 Å². The van der Waals surface area contributed by atoms with Crippen LogP contribution in [0.4, 0.5) is 5.69 Å². The van der Waals surface area contributed by atoms with E-state index in [9.17, 15) is 15.0 Å². The number of nitrogens with one attached hydrogen (secondary N) is 3. The highest BCUT2D eigenvalue weighted by atomic mass is 16.5. The molecule has 6 N–H and O–H groups in total. The van der Waals surface area contributed by atoms with Crippen LogP contribution in [0, 0.1) is 5.41 Å². The van der Waals surface area contributed by atoms with Crippen LogP contribution in [0.1, 0.15) is 36.6 Å². The fourth-order valence-electron chi connectivity index (χ4n) is 2.52. The number of carboxylic acid groups (broad SMARTS) is 1. The van der Waals surface area contributed by atoms with Gasteiger partial charge in [0.2, 0.25) is 0 Å². The number of hydrogen-bond acceptors (Lipinski definition) is 6. The first-order chi connectivity index (χ1) is 12.8. The number of rotatable bonds is 8. The highest BCUT2D eigenvalue weighted by molar-refractivity contribution is 5.95. The summed E-state index contributed by atoms with van der Waals surface area (Å²) in [6, 6.07) is 10.2. The van der Waals surface area contributed by atoms with E-state index in [2.05, 4.69) is 5.32 Å². The van der Waals surface area contributed by atoms with E-state index >= 15 is 0 Å². The maximum Gasteiger partial charge on any atom is 0.330 e. The van der Waals surface area contributed by atoms with Crippen LogP contribution < -0.4 is 15.5 Å². The molecule has 0 amide bonds. The summed E-state index contributed by atoms with van der Waals surface area (Å²) in [5.41, 5.74) is 3.71. The predicted molar refractivity (Wildman–Crippen MR) is 100 cm³/mol. The van der Waals surface area contributed by atoms with Crippen LogP contribution in [0.25, 0.3) is 0 Å². The third-order valence-electron chi connectivity index (χ3n) is 3.79. The van der Waals surface area contributed by atoms with Gasteiger partial charge in [-0.2, -0.15) is 0 Å². The lowest BCUT2D eigenvalue weighted by atomic mass is 10.0. The molecule has 2 aromatic rings. The fraction of sp³-hybridized carbons (Fsp3) is 0.263. The number of aliphatic carboxylic acids is 1. The highest BCUT2D eigenvalue weighted by Gasteiger charge is 2.21. The van der Waals surface area contributed by atoms with E-state index in [0.717, 1.165) is 0 Å². The first-order valence-electron chi connectivity index (χ1n) is 8.34. The minimum absolute atomic E-state index is 0.0693. The second kappa shape index (κ2) is 9.02. The van der Waals surface area contributed by atoms with Crippen LogP contribution in [0.3, 0.4) is 0 Å². The molecule has 27 heavy (non-hydrogen) atoms. The third-order valence-corrected chi connectivity index (χ3v) is 3.79. The monoisotopic (exact) mass is 373 g/mol. The predicted octanol–water partition coefficient (Wildman–Crippen LogP) is 2.51. The molecule has 0 saturated carbocycles. The Morgan fingerprint density at radius 1 is 1.19 bits per heavy atom. The topological polar surface area (TPSA) is 135 Å². The van der Waals surface area contributed by atoms with E-state index < -0.39 is 12.0 Å². The Bertz CT molecular complexity index is 805. The standard InChI is InChI=1S/C19H23N3O5/c1-11(2)27-16-8-5-13(9-14(16)10-23)17(19(24)25)21-15-6-3-12(4-7-15)18(20)22-26/h3-9,11,17,21,23,26H,10H2,1-2H3,(H2,20,22)(H,24,25). The van der Waals surface area contributed by atoms with E-state index in [1.165, 1.54) is 0 Å². The maximum absolute atomic E-state index is 11.8. The molecule has 0 aromatic heterocycles. The van der Waals surface area contributed by atoms with E-state index in [-0.39, 0.29) is 18.5 Å². The van der Waals surface area contributed by atoms with Crippen LogP contribution >= 0.6 is 0 Å². The Hall–Kier alpha value is -3.10. The van der Waals surface area contributed by atoms with Gasteiger partial charge in [0.05, 0.1) is 12.7 Å². The molecule has 0 fully saturated rings. The van der Waals surface area contributed by atoms with Crippen molar-refractivity contribution < 1.29 is 25.0 Å². The van der Waals surface area contributed by atoms with E-state index in [0.29, 0.717) is 28.1 Å². The number of carboxylic acids is 1. The van der Waals surface area contributed by atoms with Crippen LogP contribution in [0.5, 0.6) is 5.75 Å². The molecule has 0 radical (unpaired) electrons. The molecule has 2 rings (SSSR count). The summed E-state index contributed by atoms with van der Waals surface area (Å²) in [6.45, 7) is 3.46. The van der Waals surface area contributed by atoms with Gasteiger partial charge >= 0.3 is 5.97 Å². The number of ether oxygens (including phenoxy) is 1. The summed E-state index contributed by atoms with van der Waals surface area (Å²) in [7, 11) is 0. The van der Waals surface area contributed by atoms with Crippen molar-refractivity contribution in [2.24, 2.45) is 0 Å². The van der Waals surface area contributed by atoms with E-state index in [4.69, 9.17) is 15.4 Å². The maximum atomic E-state index is 11.8. The third kappa shape index (κ3) is 5.19. The second-order valence-corrected chi connectivity index (χ2v) is 6.17. The Morgan fingerprint density at radius 3 is 2.37 bits per heavy atom. The Labute approximate surface area is 156 Å². The summed E-state index contributed by atoms with van der Waals surface area (Å²) in [5.74, 6) is -0.727. The molecule has 1 atom stereocenters. The van der Waals surface area contributed by atoms with Gasteiger partial charge in [-0.3, -0.25) is 16.1 Å². The summed E-state index contributed by atoms with van der Waals surface area (Å²) >= 11 is 0. The van der Waals surface area contributed by atoms with Crippen molar-refractivity contribution in [3.8, 4) is 5.75 Å². The summed E-state index contributed by atoms with van der Waals surface area (Å²) < 4.78 is 5.62. The quantitative estimate of drug-likeness (QED) is 0.238. The fourth-order valence-corrected chi connectivity index (χ4v) is 2.52. The van der Waals surface area contributed by atoms with Gasteiger partial charge < -0.3 is 20.3 Å². The Kier molecular flexibility index (Phi) is 6.75. The first kappa shape index (κ1) is 20.2. The number of benzene rings is 2. The molecule has 8 nitrogen and oxygen atoms in total. The zero-order valence-corrected chi connectivity index (χ0v) is 15.1. The van der Waals surface area contributed by atoms with Crippen molar-refractivity contribution >= 4 is 17.5 Å². The summed E-state index contributed by atoms with van der Waals surface area (Å²) in [4.78, 5) is 11.8. The molecule has 0 bridgehead atoms. The van der Waals surface area contributed by atoms with Crippen molar-refractivity contribution in [3.05, 3.63) is 59.2 Å². The molecule has 0 spiro atoms. The van der Waals surface area contributed by atoms with Crippen molar-refractivity contribution in [2.45, 2.75) is 32.6 Å². The molecule has 2 aromatic carbocycles. The van der Waals surface area contributed by atoms with Gasteiger partial charge in [0, 0.05) is 16.8 Å². The molecule has 0 heterocycles. The number of carbonyl (C=O) groups is 1. The molecule has 0 saturated heterocycles. The molecule has 0 aliphatic heterocycles. The van der Waals surface area contributed by atoms with E-state index in [1.807, 2.05) is 13.8 Å². The molecular formula is C19H23N3O5. The average molecular weight is 373 g/mol. The number of aliphatic hydroxyl groups is 1. The lowest BCUT2D eigenvalue weighted by Gasteiger charge is -2.19. The Morgan fingerprint density at radius 2 is 1.85 bits per heavy atom. The van der Waals surface area contributed by atoms with Gasteiger partial charge in [-0.05, 0) is 55.8 Å². The molecule has 8 heteroatoms. The largest absolute Gasteiger partial charge is 0.491 e. The van der Waals surface area contributed by atoms with Gasteiger partial charge in [-0.1, -0.05) is 6.07 Å². The van der Waals surface area contributed by atoms with Crippen LogP contribution in [-0.2, 0) is 11.4 Å². The van der Waals surface area contributed by atoms with Crippen molar-refractivity contribution in [3.63, 3.8) is 0 Å². The lowest BCUT2D eigenvalue weighted by Crippen LogP contribution is -2.21. The molecule has 144 valence electrons. The van der Waals surface area contributed by atoms with Gasteiger partial charge in [-0.25, -0.2) is 4.79 Å². The van der Waals surface area contributed by atoms with Crippen molar-refractivity contribution in [2.75, 3.05) is 5.32 Å². The zero-order chi connectivity index (χ0) is 20.0. The normalized spacial score (nSPS) is 11.7. The highest BCUT2D eigenvalue weighted by Crippen LogP contribution is 2.27. The second-order valence-electron chi connectivity index (χ2n) is 6.17. The minimum Gasteiger partial charge on any atom is -0.491 e. The smallest absolute Gasteiger partial charge is 0.330 e. The van der Waals surface area contributed by atoms with Crippen LogP contribution in [-0.4, -0.2) is 33.3 Å². The Balaban J connectivity index is 2.27. The zero-order valence-electron chi connectivity index (χ0n) is 15.1. The SMILES string of the molecule is CC(C)Oc1ccc(C(Nc2ccc(C(=N)NO)cc2)C(=O)O)cc1CO. The number of hydroxylamine groups is 1. The summed E-state index contributed by atoms with van der Waals surface area (Å²) in [6.07, 6.45) is -0.0693. The number of anilines is 1. The first-order valence-corrected chi connectivity index (χ1v) is 8.34. The average Bonchev–Trinajstić information content (AvgIpc) is 2.65. The molecular weight excluding hydrogens is 350 g/mol. The molecule has 0 aliphatic carbocycles. The van der Waals surface area contributed by atoms with Crippen LogP contribution in [0.15, 0.2) is 42.5 Å². The van der Waals surface area contributed by atoms with Gasteiger partial charge in [0.1, 0.15) is 11.6 Å². The van der Waals surface area contributed by atoms with Gasteiger partial charge in [0.25, 0.3) is 0 Å². The van der Waals surface area contributed by atoms with Crippen molar-refractivity contribution in [1.29, 1.82) is 5.41 Å². The van der Waals surface area contributed by atoms with E-state index in [1.54, 1.807) is 47.9 Å². The number of amidine groups is 1. The molecule has 0 aliphatic rings. The lowest BCUT2D eigenvalue weighted by molar-refractivity contribution is -0.138. The van der Waals surface area contributed by atoms with Gasteiger partial charge in [-0.15, -0.1) is 0 Å². The molecule has 1 unspecified atom stereocenters. The minimum atomic E-state index is -1.08. The number of hydrogen-bond donors (Lipinski definition) is 6. The van der Waals surface area contributed by atoms with Gasteiger partial charge in [0.15, 0.2) is 6.04 Å². The number of aliphatic hydroxyl groups excluding tert-OH is 1.